The highest BCUT2D eigenvalue weighted by Gasteiger charge is 2.38. The van der Waals surface area contributed by atoms with Crippen LogP contribution in [0.15, 0.2) is 23.2 Å². The SMILES string of the molecule is CNC(=O)[C@H]1CN(c2ccc3c(c2)OC/C(=N\CCO)N3C(C)(C)C)C(=O)O1. The van der Waals surface area contributed by atoms with E-state index in [1.165, 1.54) is 11.9 Å². The van der Waals surface area contributed by atoms with Crippen molar-refractivity contribution in [3.05, 3.63) is 18.2 Å². The topological polar surface area (TPSA) is 104 Å². The van der Waals surface area contributed by atoms with E-state index in [9.17, 15) is 9.59 Å². The number of aliphatic hydroxyl groups is 1. The van der Waals surface area contributed by atoms with E-state index in [1.807, 2.05) is 6.07 Å². The predicted octanol–water partition coefficient (Wildman–Crippen LogP) is 1.15. The zero-order valence-corrected chi connectivity index (χ0v) is 16.6. The number of carbonyl (C=O) groups excluding carboxylic acids is 2. The highest BCUT2D eigenvalue weighted by molar-refractivity contribution is 6.03. The lowest BCUT2D eigenvalue weighted by Crippen LogP contribution is -2.50. The first-order valence-electron chi connectivity index (χ1n) is 9.17. The number of anilines is 2. The molecule has 1 atom stereocenters. The maximum atomic E-state index is 12.2. The Hall–Kier alpha value is -2.81. The van der Waals surface area contributed by atoms with Crippen LogP contribution < -0.4 is 19.9 Å². The number of hydrogen-bond donors (Lipinski definition) is 2. The van der Waals surface area contributed by atoms with Crippen LogP contribution in [0.5, 0.6) is 5.75 Å². The molecule has 2 amide bonds. The van der Waals surface area contributed by atoms with Crippen LogP contribution in [0.25, 0.3) is 0 Å². The summed E-state index contributed by atoms with van der Waals surface area (Å²) in [5.74, 6) is 1.02. The molecule has 28 heavy (non-hydrogen) atoms. The second kappa shape index (κ2) is 7.67. The zero-order chi connectivity index (χ0) is 20.5. The standard InChI is InChI=1S/C19H26N4O5/c1-19(2,3)23-13-6-5-12(9-14(13)27-11-16(23)21-7-8-24)22-10-15(17(25)20-4)28-18(22)26/h5-6,9,15,24H,7-8,10-11H2,1-4H3,(H,20,25)/b21-16+/t15-/m1/s1. The summed E-state index contributed by atoms with van der Waals surface area (Å²) in [6, 6.07) is 5.43. The second-order valence-corrected chi connectivity index (χ2v) is 7.57. The van der Waals surface area contributed by atoms with E-state index in [0.29, 0.717) is 18.0 Å². The van der Waals surface area contributed by atoms with Crippen LogP contribution in [-0.4, -0.2) is 67.9 Å². The fourth-order valence-electron chi connectivity index (χ4n) is 3.33. The molecule has 2 aliphatic heterocycles. The first kappa shape index (κ1) is 19.9. The van der Waals surface area contributed by atoms with Gasteiger partial charge in [0.2, 0.25) is 0 Å². The fourth-order valence-corrected chi connectivity index (χ4v) is 3.33. The van der Waals surface area contributed by atoms with Crippen molar-refractivity contribution < 1.29 is 24.2 Å². The van der Waals surface area contributed by atoms with E-state index in [0.717, 1.165) is 11.5 Å². The molecule has 0 saturated carbocycles. The molecule has 0 unspecified atom stereocenters. The lowest BCUT2D eigenvalue weighted by Gasteiger charge is -2.42. The maximum Gasteiger partial charge on any atom is 0.415 e. The number of hydrogen-bond acceptors (Lipinski definition) is 6. The number of ether oxygens (including phenoxy) is 2. The third kappa shape index (κ3) is 3.75. The number of nitrogens with zero attached hydrogens (tertiary/aromatic N) is 3. The summed E-state index contributed by atoms with van der Waals surface area (Å²) in [5, 5.41) is 11.6. The molecule has 0 spiro atoms. The highest BCUT2D eigenvalue weighted by atomic mass is 16.6. The first-order chi connectivity index (χ1) is 13.3. The maximum absolute atomic E-state index is 12.2. The molecular formula is C19H26N4O5. The van der Waals surface area contributed by atoms with E-state index < -0.39 is 12.2 Å². The Morgan fingerprint density at radius 1 is 1.39 bits per heavy atom. The third-order valence-corrected chi connectivity index (χ3v) is 4.53. The van der Waals surface area contributed by atoms with Crippen molar-refractivity contribution in [3.63, 3.8) is 0 Å². The Balaban J connectivity index is 1.92. The minimum absolute atomic E-state index is 0.0309. The van der Waals surface area contributed by atoms with Crippen molar-refractivity contribution in [1.82, 2.24) is 5.32 Å². The van der Waals surface area contributed by atoms with Crippen molar-refractivity contribution in [2.24, 2.45) is 4.99 Å². The summed E-state index contributed by atoms with van der Waals surface area (Å²) in [4.78, 5) is 31.9. The zero-order valence-electron chi connectivity index (χ0n) is 16.6. The lowest BCUT2D eigenvalue weighted by atomic mass is 10.0. The third-order valence-electron chi connectivity index (χ3n) is 4.53. The molecule has 1 saturated heterocycles. The molecule has 0 aliphatic carbocycles. The summed E-state index contributed by atoms with van der Waals surface area (Å²) in [5.41, 5.74) is 1.17. The summed E-state index contributed by atoms with van der Waals surface area (Å²) in [6.45, 7) is 6.88. The minimum Gasteiger partial charge on any atom is -0.483 e. The van der Waals surface area contributed by atoms with Gasteiger partial charge < -0.3 is 24.8 Å². The smallest absolute Gasteiger partial charge is 0.415 e. The lowest BCUT2D eigenvalue weighted by molar-refractivity contribution is -0.127. The van der Waals surface area contributed by atoms with Crippen molar-refractivity contribution in [1.29, 1.82) is 0 Å². The van der Waals surface area contributed by atoms with Gasteiger partial charge in [0.25, 0.3) is 5.91 Å². The number of cyclic esters (lactones) is 1. The van der Waals surface area contributed by atoms with E-state index in [4.69, 9.17) is 14.6 Å². The molecule has 1 aromatic rings. The van der Waals surface area contributed by atoms with Gasteiger partial charge in [0.1, 0.15) is 18.2 Å². The molecular weight excluding hydrogens is 364 g/mol. The van der Waals surface area contributed by atoms with Crippen molar-refractivity contribution in [2.75, 3.05) is 43.2 Å². The number of fused-ring (bicyclic) bond motifs is 1. The molecule has 1 fully saturated rings. The van der Waals surface area contributed by atoms with Crippen LogP contribution in [0.1, 0.15) is 20.8 Å². The predicted molar refractivity (Wildman–Crippen MR) is 105 cm³/mol. The Kier molecular flexibility index (Phi) is 5.46. The summed E-state index contributed by atoms with van der Waals surface area (Å²) in [7, 11) is 1.50. The fraction of sp³-hybridized carbons (Fsp3) is 0.526. The van der Waals surface area contributed by atoms with Gasteiger partial charge >= 0.3 is 6.09 Å². The molecule has 1 aromatic carbocycles. The van der Waals surface area contributed by atoms with Crippen molar-refractivity contribution in [3.8, 4) is 5.75 Å². The van der Waals surface area contributed by atoms with Crippen LogP contribution in [0.4, 0.5) is 16.2 Å². The average molecular weight is 390 g/mol. The molecule has 0 radical (unpaired) electrons. The normalized spacial score (nSPS) is 20.7. The van der Waals surface area contributed by atoms with Gasteiger partial charge in [0, 0.05) is 18.7 Å². The van der Waals surface area contributed by atoms with E-state index >= 15 is 0 Å². The number of carbonyl (C=O) groups is 2. The monoisotopic (exact) mass is 390 g/mol. The van der Waals surface area contributed by atoms with Gasteiger partial charge in [-0.3, -0.25) is 14.7 Å². The first-order valence-corrected chi connectivity index (χ1v) is 9.17. The van der Waals surface area contributed by atoms with Gasteiger partial charge in [-0.25, -0.2) is 4.79 Å². The van der Waals surface area contributed by atoms with E-state index in [1.54, 1.807) is 12.1 Å². The van der Waals surface area contributed by atoms with Gasteiger partial charge in [0.05, 0.1) is 31.1 Å². The second-order valence-electron chi connectivity index (χ2n) is 7.57. The van der Waals surface area contributed by atoms with E-state index in [2.05, 4.69) is 36.0 Å². The Bertz CT molecular complexity index is 802. The van der Waals surface area contributed by atoms with Crippen LogP contribution in [0.3, 0.4) is 0 Å². The number of amides is 2. The largest absolute Gasteiger partial charge is 0.483 e. The van der Waals surface area contributed by atoms with Crippen LogP contribution in [0, 0.1) is 0 Å². The molecule has 0 bridgehead atoms. The molecule has 152 valence electrons. The molecule has 9 heteroatoms. The van der Waals surface area contributed by atoms with Gasteiger partial charge in [-0.05, 0) is 32.9 Å². The average Bonchev–Trinajstić information content (AvgIpc) is 3.05. The van der Waals surface area contributed by atoms with Gasteiger partial charge in [-0.2, -0.15) is 0 Å². The van der Waals surface area contributed by atoms with Crippen molar-refractivity contribution in [2.45, 2.75) is 32.4 Å². The van der Waals surface area contributed by atoms with Crippen LogP contribution >= 0.6 is 0 Å². The minimum atomic E-state index is -0.835. The Morgan fingerprint density at radius 3 is 2.79 bits per heavy atom. The summed E-state index contributed by atoms with van der Waals surface area (Å²) >= 11 is 0. The summed E-state index contributed by atoms with van der Waals surface area (Å²) < 4.78 is 11.0. The number of aliphatic imine (C=N–C) groups is 1. The van der Waals surface area contributed by atoms with E-state index in [-0.39, 0.29) is 31.2 Å². The van der Waals surface area contributed by atoms with Gasteiger partial charge in [0.15, 0.2) is 6.10 Å². The Labute approximate surface area is 163 Å². The molecule has 2 heterocycles. The molecule has 9 nitrogen and oxygen atoms in total. The quantitative estimate of drug-likeness (QED) is 0.799. The number of likely N-dealkylation sites (N-methyl/N-ethyl adjacent to an activating group) is 1. The number of amidine groups is 1. The Morgan fingerprint density at radius 2 is 2.14 bits per heavy atom. The number of rotatable bonds is 4. The molecule has 0 aromatic heterocycles. The van der Waals surface area contributed by atoms with Crippen LogP contribution in [0.2, 0.25) is 0 Å². The van der Waals surface area contributed by atoms with Gasteiger partial charge in [-0.15, -0.1) is 0 Å². The van der Waals surface area contributed by atoms with Gasteiger partial charge in [-0.1, -0.05) is 0 Å². The number of benzene rings is 1. The van der Waals surface area contributed by atoms with Crippen LogP contribution in [-0.2, 0) is 9.53 Å². The number of aliphatic hydroxyl groups excluding tert-OH is 1. The molecule has 2 N–H and O–H groups in total. The summed E-state index contributed by atoms with van der Waals surface area (Å²) in [6.07, 6.45) is -1.40. The number of nitrogens with one attached hydrogen (secondary N) is 1. The van der Waals surface area contributed by atoms with Crippen molar-refractivity contribution >= 4 is 29.2 Å². The molecule has 3 rings (SSSR count). The molecule has 2 aliphatic rings. The highest BCUT2D eigenvalue weighted by Crippen LogP contribution is 2.40.